The summed E-state index contributed by atoms with van der Waals surface area (Å²) in [6.45, 7) is -0.0951. The van der Waals surface area contributed by atoms with Crippen molar-refractivity contribution in [2.75, 3.05) is 18.3 Å². The number of benzene rings is 2. The van der Waals surface area contributed by atoms with E-state index in [0.29, 0.717) is 37.7 Å². The quantitative estimate of drug-likeness (QED) is 0.594. The average molecular weight is 414 g/mol. The number of thioether (sulfide) groups is 1. The molecule has 1 saturated heterocycles. The van der Waals surface area contributed by atoms with E-state index >= 15 is 0 Å². The molecule has 2 aliphatic heterocycles. The van der Waals surface area contributed by atoms with E-state index in [1.165, 1.54) is 16.7 Å². The number of para-hydroxylation sites is 1. The molecule has 2 N–H and O–H groups in total. The molecule has 2 aromatic rings. The summed E-state index contributed by atoms with van der Waals surface area (Å²) in [4.78, 5) is 25.8. The molecule has 0 aliphatic carbocycles. The summed E-state index contributed by atoms with van der Waals surface area (Å²) in [7, 11) is 0. The predicted molar refractivity (Wildman–Crippen MR) is 109 cm³/mol. The Morgan fingerprint density at radius 3 is 2.86 bits per heavy atom. The van der Waals surface area contributed by atoms with Crippen molar-refractivity contribution in [1.82, 2.24) is 0 Å². The molecule has 0 unspecified atom stereocenters. The van der Waals surface area contributed by atoms with Gasteiger partial charge in [-0.3, -0.25) is 14.5 Å². The Bertz CT molecular complexity index is 1020. The van der Waals surface area contributed by atoms with E-state index in [1.807, 2.05) is 6.07 Å². The topological polar surface area (TPSA) is 91.1 Å². The van der Waals surface area contributed by atoms with Crippen molar-refractivity contribution in [3.8, 4) is 17.2 Å². The van der Waals surface area contributed by atoms with Crippen LogP contribution in [0.1, 0.15) is 5.56 Å². The van der Waals surface area contributed by atoms with Crippen LogP contribution in [0.25, 0.3) is 6.08 Å². The third-order valence-electron chi connectivity index (χ3n) is 3.98. The zero-order valence-corrected chi connectivity index (χ0v) is 16.0. The molecule has 2 aromatic carbocycles. The second kappa shape index (κ2) is 7.53. The fourth-order valence-corrected chi connectivity index (χ4v) is 4.03. The van der Waals surface area contributed by atoms with Gasteiger partial charge >= 0.3 is 0 Å². The Balaban J connectivity index is 1.62. The van der Waals surface area contributed by atoms with Gasteiger partial charge in [-0.15, -0.1) is 0 Å². The number of ether oxygens (including phenoxy) is 3. The van der Waals surface area contributed by atoms with E-state index in [0.717, 1.165) is 0 Å². The fourth-order valence-electron chi connectivity index (χ4n) is 2.74. The Morgan fingerprint density at radius 1 is 1.25 bits per heavy atom. The molecular weight excluding hydrogens is 400 g/mol. The summed E-state index contributed by atoms with van der Waals surface area (Å²) in [6.07, 6.45) is 1.68. The van der Waals surface area contributed by atoms with E-state index in [4.69, 9.17) is 32.2 Å². The van der Waals surface area contributed by atoms with E-state index in [1.54, 1.807) is 42.5 Å². The first-order valence-corrected chi connectivity index (χ1v) is 9.43. The Labute approximate surface area is 170 Å². The molecule has 0 aromatic heterocycles. The van der Waals surface area contributed by atoms with E-state index in [2.05, 4.69) is 0 Å². The van der Waals surface area contributed by atoms with Gasteiger partial charge in [-0.25, -0.2) is 0 Å². The van der Waals surface area contributed by atoms with Crippen molar-refractivity contribution in [2.45, 2.75) is 0 Å². The number of thiocarbonyl (C=S) groups is 1. The molecule has 0 spiro atoms. The van der Waals surface area contributed by atoms with Crippen LogP contribution in [0.5, 0.6) is 17.2 Å². The van der Waals surface area contributed by atoms with Gasteiger partial charge in [-0.1, -0.05) is 42.2 Å². The fraction of sp³-hybridized carbons (Fsp3) is 0.105. The zero-order valence-electron chi connectivity index (χ0n) is 14.4. The molecule has 0 saturated carbocycles. The monoisotopic (exact) mass is 414 g/mol. The van der Waals surface area contributed by atoms with Gasteiger partial charge in [-0.05, 0) is 24.3 Å². The number of carbonyl (C=O) groups excluding carboxylic acids is 2. The highest BCUT2D eigenvalue weighted by Crippen LogP contribution is 2.41. The number of nitrogens with two attached hydrogens (primary N) is 1. The zero-order chi connectivity index (χ0) is 19.7. The van der Waals surface area contributed by atoms with E-state index in [9.17, 15) is 9.59 Å². The number of nitrogens with zero attached hydrogens (tertiary/aromatic N) is 1. The molecule has 28 heavy (non-hydrogen) atoms. The van der Waals surface area contributed by atoms with Crippen molar-refractivity contribution >= 4 is 51.9 Å². The van der Waals surface area contributed by atoms with Crippen LogP contribution in [0, 0.1) is 0 Å². The van der Waals surface area contributed by atoms with Gasteiger partial charge in [0.25, 0.3) is 11.8 Å². The van der Waals surface area contributed by atoms with Crippen LogP contribution in [0.2, 0.25) is 0 Å². The lowest BCUT2D eigenvalue weighted by Gasteiger charge is -2.14. The summed E-state index contributed by atoms with van der Waals surface area (Å²) < 4.78 is 16.5. The number of fused-ring (bicyclic) bond motifs is 1. The molecule has 0 bridgehead atoms. The number of rotatable bonds is 5. The highest BCUT2D eigenvalue weighted by Gasteiger charge is 2.34. The maximum Gasteiger partial charge on any atom is 0.270 e. The van der Waals surface area contributed by atoms with Gasteiger partial charge < -0.3 is 19.9 Å². The van der Waals surface area contributed by atoms with Gasteiger partial charge in [0.15, 0.2) is 22.4 Å². The van der Waals surface area contributed by atoms with Gasteiger partial charge in [0.05, 0.1) is 10.6 Å². The molecule has 0 atom stereocenters. The third-order valence-corrected chi connectivity index (χ3v) is 5.29. The average Bonchev–Trinajstić information content (AvgIpc) is 3.24. The van der Waals surface area contributed by atoms with Crippen LogP contribution in [-0.4, -0.2) is 29.5 Å². The SMILES string of the molecule is NC(=O)COc1ccccc1/C=C1\SC(=S)N(c2ccc3c(c2)OCO3)C1=O. The highest BCUT2D eigenvalue weighted by molar-refractivity contribution is 8.27. The first kappa shape index (κ1) is 18.3. The first-order valence-electron chi connectivity index (χ1n) is 8.20. The second-order valence-corrected chi connectivity index (χ2v) is 7.52. The van der Waals surface area contributed by atoms with Crippen LogP contribution in [0.3, 0.4) is 0 Å². The Kier molecular flexibility index (Phi) is 4.93. The van der Waals surface area contributed by atoms with Crippen LogP contribution < -0.4 is 24.8 Å². The molecule has 7 nitrogen and oxygen atoms in total. The summed E-state index contributed by atoms with van der Waals surface area (Å²) in [5, 5.41) is 0. The highest BCUT2D eigenvalue weighted by atomic mass is 32.2. The minimum atomic E-state index is -0.580. The standard InChI is InChI=1S/C19H14N2O5S2/c20-17(22)9-24-13-4-2-1-3-11(13)7-16-18(23)21(19(27)28-16)12-5-6-14-15(8-12)26-10-25-14/h1-8H,9-10H2,(H2,20,22)/b16-7-. The number of amides is 2. The van der Waals surface area contributed by atoms with Crippen molar-refractivity contribution in [2.24, 2.45) is 5.73 Å². The number of anilines is 1. The van der Waals surface area contributed by atoms with E-state index < -0.39 is 5.91 Å². The van der Waals surface area contributed by atoms with Crippen LogP contribution in [0.15, 0.2) is 47.4 Å². The van der Waals surface area contributed by atoms with Gasteiger partial charge in [0, 0.05) is 11.6 Å². The number of hydrogen-bond donors (Lipinski definition) is 1. The molecule has 2 aliphatic rings. The number of carbonyl (C=O) groups is 2. The van der Waals surface area contributed by atoms with Gasteiger partial charge in [-0.2, -0.15) is 0 Å². The molecule has 142 valence electrons. The van der Waals surface area contributed by atoms with Crippen molar-refractivity contribution < 1.29 is 23.8 Å². The normalized spacial score (nSPS) is 16.7. The van der Waals surface area contributed by atoms with Crippen molar-refractivity contribution in [3.63, 3.8) is 0 Å². The van der Waals surface area contributed by atoms with Crippen molar-refractivity contribution in [3.05, 3.63) is 52.9 Å². The number of hydrogen-bond acceptors (Lipinski definition) is 7. The maximum atomic E-state index is 13.0. The molecular formula is C19H14N2O5S2. The largest absolute Gasteiger partial charge is 0.483 e. The maximum absolute atomic E-state index is 13.0. The predicted octanol–water partition coefficient (Wildman–Crippen LogP) is 2.69. The van der Waals surface area contributed by atoms with Gasteiger partial charge in [0.1, 0.15) is 5.75 Å². The van der Waals surface area contributed by atoms with Crippen molar-refractivity contribution in [1.29, 1.82) is 0 Å². The molecule has 2 heterocycles. The molecule has 1 fully saturated rings. The molecule has 0 radical (unpaired) electrons. The second-order valence-electron chi connectivity index (χ2n) is 5.85. The van der Waals surface area contributed by atoms with Gasteiger partial charge in [0.2, 0.25) is 6.79 Å². The molecule has 9 heteroatoms. The Hall–Kier alpha value is -3.04. The summed E-state index contributed by atoms with van der Waals surface area (Å²) in [5.74, 6) is 0.822. The summed E-state index contributed by atoms with van der Waals surface area (Å²) >= 11 is 6.59. The first-order chi connectivity index (χ1) is 13.5. The smallest absolute Gasteiger partial charge is 0.270 e. The minimum Gasteiger partial charge on any atom is -0.483 e. The lowest BCUT2D eigenvalue weighted by atomic mass is 10.2. The van der Waals surface area contributed by atoms with Crippen LogP contribution >= 0.6 is 24.0 Å². The lowest BCUT2D eigenvalue weighted by molar-refractivity contribution is -0.120. The molecule has 2 amide bonds. The summed E-state index contributed by atoms with van der Waals surface area (Å²) in [6, 6.07) is 12.3. The Morgan fingerprint density at radius 2 is 2.04 bits per heavy atom. The minimum absolute atomic E-state index is 0.152. The molecule has 4 rings (SSSR count). The lowest BCUT2D eigenvalue weighted by Crippen LogP contribution is -2.27. The summed E-state index contributed by atoms with van der Waals surface area (Å²) in [5.41, 5.74) is 6.39. The number of primary amides is 1. The third kappa shape index (κ3) is 3.54. The van der Waals surface area contributed by atoms with Crippen LogP contribution in [0.4, 0.5) is 5.69 Å². The van der Waals surface area contributed by atoms with Crippen LogP contribution in [-0.2, 0) is 9.59 Å². The van der Waals surface area contributed by atoms with E-state index in [-0.39, 0.29) is 19.3 Å².